The van der Waals surface area contributed by atoms with Crippen LogP contribution in [0.25, 0.3) is 0 Å². The van der Waals surface area contributed by atoms with Crippen molar-refractivity contribution in [2.75, 3.05) is 7.11 Å². The number of aryl methyl sites for hydroxylation is 1. The molecule has 1 aliphatic rings. The molecule has 2 heteroatoms. The molecule has 0 bridgehead atoms. The van der Waals surface area contributed by atoms with E-state index in [9.17, 15) is 0 Å². The average Bonchev–Trinajstić information content (AvgIpc) is 2.47. The molecule has 1 N–H and O–H groups in total. The quantitative estimate of drug-likeness (QED) is 0.845. The maximum atomic E-state index is 5.42. The van der Waals surface area contributed by atoms with Crippen molar-refractivity contribution in [3.63, 3.8) is 0 Å². The van der Waals surface area contributed by atoms with Crippen molar-refractivity contribution in [3.05, 3.63) is 35.9 Å². The molecule has 0 spiro atoms. The molecular formula is C17H27NO. The fraction of sp³-hybridized carbons (Fsp3) is 0.647. The molecule has 1 atom stereocenters. The lowest BCUT2D eigenvalue weighted by Crippen LogP contribution is -2.40. The molecule has 0 radical (unpaired) electrons. The number of rotatable bonds is 6. The first-order valence-corrected chi connectivity index (χ1v) is 7.60. The third-order valence-corrected chi connectivity index (χ3v) is 4.24. The Balaban J connectivity index is 1.66. The molecule has 0 aliphatic heterocycles. The SMILES string of the molecule is COC1CCC(NC(C)CCc2ccccc2)CC1. The van der Waals surface area contributed by atoms with Gasteiger partial charge in [0.15, 0.2) is 0 Å². The van der Waals surface area contributed by atoms with Crippen LogP contribution in [0.3, 0.4) is 0 Å². The van der Waals surface area contributed by atoms with E-state index in [2.05, 4.69) is 42.6 Å². The van der Waals surface area contributed by atoms with Crippen LogP contribution in [0, 0.1) is 0 Å². The van der Waals surface area contributed by atoms with Crippen molar-refractivity contribution in [3.8, 4) is 0 Å². The Bertz CT molecular complexity index is 344. The smallest absolute Gasteiger partial charge is 0.0572 e. The van der Waals surface area contributed by atoms with Gasteiger partial charge in [0.1, 0.15) is 0 Å². The summed E-state index contributed by atoms with van der Waals surface area (Å²) in [6.07, 6.45) is 7.82. The van der Waals surface area contributed by atoms with E-state index in [0.29, 0.717) is 18.2 Å². The second kappa shape index (κ2) is 7.66. The van der Waals surface area contributed by atoms with E-state index < -0.39 is 0 Å². The summed E-state index contributed by atoms with van der Waals surface area (Å²) < 4.78 is 5.42. The minimum absolute atomic E-state index is 0.498. The topological polar surface area (TPSA) is 21.3 Å². The summed E-state index contributed by atoms with van der Waals surface area (Å²) in [5.74, 6) is 0. The fourth-order valence-corrected chi connectivity index (χ4v) is 2.98. The van der Waals surface area contributed by atoms with Crippen LogP contribution < -0.4 is 5.32 Å². The Morgan fingerprint density at radius 2 is 1.84 bits per heavy atom. The first kappa shape index (κ1) is 14.5. The van der Waals surface area contributed by atoms with E-state index in [4.69, 9.17) is 4.74 Å². The Hall–Kier alpha value is -0.860. The Labute approximate surface area is 117 Å². The van der Waals surface area contributed by atoms with E-state index in [1.807, 2.05) is 7.11 Å². The average molecular weight is 261 g/mol. The molecule has 2 nitrogen and oxygen atoms in total. The molecule has 19 heavy (non-hydrogen) atoms. The number of methoxy groups -OCH3 is 1. The number of ether oxygens (including phenoxy) is 1. The van der Waals surface area contributed by atoms with Gasteiger partial charge in [-0.1, -0.05) is 30.3 Å². The number of hydrogen-bond acceptors (Lipinski definition) is 2. The molecule has 1 aromatic carbocycles. The number of benzene rings is 1. The third kappa shape index (κ3) is 4.96. The van der Waals surface area contributed by atoms with Crippen LogP contribution in [0.5, 0.6) is 0 Å². The molecule has 0 amide bonds. The van der Waals surface area contributed by atoms with Crippen LogP contribution in [0.1, 0.15) is 44.6 Å². The van der Waals surface area contributed by atoms with Gasteiger partial charge in [-0.05, 0) is 51.0 Å². The molecule has 106 valence electrons. The molecule has 1 aliphatic carbocycles. The van der Waals surface area contributed by atoms with Crippen molar-refractivity contribution >= 4 is 0 Å². The molecule has 0 heterocycles. The second-order valence-electron chi connectivity index (χ2n) is 5.80. The monoisotopic (exact) mass is 261 g/mol. The maximum absolute atomic E-state index is 5.42. The predicted octanol–water partition coefficient (Wildman–Crippen LogP) is 3.55. The Morgan fingerprint density at radius 3 is 2.47 bits per heavy atom. The Morgan fingerprint density at radius 1 is 1.16 bits per heavy atom. The van der Waals surface area contributed by atoms with Crippen LogP contribution in [0.2, 0.25) is 0 Å². The summed E-state index contributed by atoms with van der Waals surface area (Å²) in [5, 5.41) is 3.78. The number of nitrogens with one attached hydrogen (secondary N) is 1. The van der Waals surface area contributed by atoms with Gasteiger partial charge >= 0.3 is 0 Å². The predicted molar refractivity (Wildman–Crippen MR) is 80.4 cm³/mol. The van der Waals surface area contributed by atoms with Crippen molar-refractivity contribution in [1.82, 2.24) is 5.32 Å². The Kier molecular flexibility index (Phi) is 5.87. The van der Waals surface area contributed by atoms with Crippen LogP contribution in [0.15, 0.2) is 30.3 Å². The lowest BCUT2D eigenvalue weighted by Gasteiger charge is -2.30. The molecule has 2 rings (SSSR count). The van der Waals surface area contributed by atoms with Crippen LogP contribution in [0.4, 0.5) is 0 Å². The summed E-state index contributed by atoms with van der Waals surface area (Å²) in [6.45, 7) is 2.31. The minimum Gasteiger partial charge on any atom is -0.381 e. The highest BCUT2D eigenvalue weighted by atomic mass is 16.5. The van der Waals surface area contributed by atoms with Crippen LogP contribution in [-0.4, -0.2) is 25.3 Å². The zero-order valence-corrected chi connectivity index (χ0v) is 12.3. The minimum atomic E-state index is 0.498. The lowest BCUT2D eigenvalue weighted by atomic mass is 9.92. The van der Waals surface area contributed by atoms with Gasteiger partial charge in [-0.2, -0.15) is 0 Å². The summed E-state index contributed by atoms with van der Waals surface area (Å²) in [7, 11) is 1.83. The lowest BCUT2D eigenvalue weighted by molar-refractivity contribution is 0.0612. The van der Waals surface area contributed by atoms with Crippen molar-refractivity contribution in [2.45, 2.75) is 63.6 Å². The molecule has 0 aromatic heterocycles. The molecule has 1 saturated carbocycles. The summed E-state index contributed by atoms with van der Waals surface area (Å²) in [6, 6.07) is 12.1. The van der Waals surface area contributed by atoms with E-state index in [-0.39, 0.29) is 0 Å². The van der Waals surface area contributed by atoms with Crippen LogP contribution in [-0.2, 0) is 11.2 Å². The molecule has 1 aromatic rings. The van der Waals surface area contributed by atoms with Gasteiger partial charge in [0.05, 0.1) is 6.10 Å². The first-order valence-electron chi connectivity index (χ1n) is 7.60. The second-order valence-corrected chi connectivity index (χ2v) is 5.80. The number of hydrogen-bond donors (Lipinski definition) is 1. The molecule has 1 unspecified atom stereocenters. The zero-order valence-electron chi connectivity index (χ0n) is 12.3. The summed E-state index contributed by atoms with van der Waals surface area (Å²) in [4.78, 5) is 0. The summed E-state index contributed by atoms with van der Waals surface area (Å²) >= 11 is 0. The molecular weight excluding hydrogens is 234 g/mol. The van der Waals surface area contributed by atoms with Gasteiger partial charge in [-0.3, -0.25) is 0 Å². The van der Waals surface area contributed by atoms with E-state index in [0.717, 1.165) is 0 Å². The van der Waals surface area contributed by atoms with Gasteiger partial charge in [-0.15, -0.1) is 0 Å². The normalized spacial score (nSPS) is 25.2. The fourth-order valence-electron chi connectivity index (χ4n) is 2.98. The van der Waals surface area contributed by atoms with Crippen molar-refractivity contribution < 1.29 is 4.74 Å². The highest BCUT2D eigenvalue weighted by Gasteiger charge is 2.21. The first-order chi connectivity index (χ1) is 9.28. The van der Waals surface area contributed by atoms with E-state index >= 15 is 0 Å². The highest BCUT2D eigenvalue weighted by molar-refractivity contribution is 5.14. The summed E-state index contributed by atoms with van der Waals surface area (Å²) in [5.41, 5.74) is 1.44. The van der Waals surface area contributed by atoms with E-state index in [1.54, 1.807) is 0 Å². The molecule has 1 fully saturated rings. The van der Waals surface area contributed by atoms with Gasteiger partial charge in [0.2, 0.25) is 0 Å². The maximum Gasteiger partial charge on any atom is 0.0572 e. The van der Waals surface area contributed by atoms with Crippen molar-refractivity contribution in [2.24, 2.45) is 0 Å². The largest absolute Gasteiger partial charge is 0.381 e. The van der Waals surface area contributed by atoms with E-state index in [1.165, 1.54) is 44.1 Å². The van der Waals surface area contributed by atoms with Gasteiger partial charge in [-0.25, -0.2) is 0 Å². The van der Waals surface area contributed by atoms with Crippen LogP contribution >= 0.6 is 0 Å². The standard InChI is InChI=1S/C17H27NO/c1-14(8-9-15-6-4-3-5-7-15)18-16-10-12-17(19-2)13-11-16/h3-7,14,16-18H,8-13H2,1-2H3. The van der Waals surface area contributed by atoms with Crippen molar-refractivity contribution in [1.29, 1.82) is 0 Å². The third-order valence-electron chi connectivity index (χ3n) is 4.24. The zero-order chi connectivity index (χ0) is 13.5. The van der Waals surface area contributed by atoms with Gasteiger partial charge < -0.3 is 10.1 Å². The van der Waals surface area contributed by atoms with Gasteiger partial charge in [0.25, 0.3) is 0 Å². The van der Waals surface area contributed by atoms with Gasteiger partial charge in [0, 0.05) is 19.2 Å². The molecule has 0 saturated heterocycles. The highest BCUT2D eigenvalue weighted by Crippen LogP contribution is 2.21.